The predicted molar refractivity (Wildman–Crippen MR) is 121 cm³/mol. The van der Waals surface area contributed by atoms with E-state index in [2.05, 4.69) is 15.6 Å². The molecule has 164 valence electrons. The van der Waals surface area contributed by atoms with E-state index in [-0.39, 0.29) is 10.6 Å². The molecule has 1 aromatic heterocycles. The van der Waals surface area contributed by atoms with Crippen molar-refractivity contribution < 1.29 is 18.0 Å². The third kappa shape index (κ3) is 5.43. The lowest BCUT2D eigenvalue weighted by molar-refractivity contribution is -0.117. The quantitative estimate of drug-likeness (QED) is 0.483. The van der Waals surface area contributed by atoms with Gasteiger partial charge < -0.3 is 9.88 Å². The number of sulfonamides is 1. The van der Waals surface area contributed by atoms with Crippen molar-refractivity contribution in [1.29, 1.82) is 0 Å². The van der Waals surface area contributed by atoms with Gasteiger partial charge in [0.25, 0.3) is 0 Å². The second-order valence-electron chi connectivity index (χ2n) is 6.92. The summed E-state index contributed by atoms with van der Waals surface area (Å²) < 4.78 is 25.0. The van der Waals surface area contributed by atoms with Crippen LogP contribution in [0.15, 0.2) is 46.5 Å². The van der Waals surface area contributed by atoms with Crippen molar-refractivity contribution >= 4 is 50.4 Å². The molecular weight excluding hydrogens is 438 g/mol. The van der Waals surface area contributed by atoms with Gasteiger partial charge in [0.1, 0.15) is 0 Å². The second kappa shape index (κ2) is 9.08. The van der Waals surface area contributed by atoms with Gasteiger partial charge in [0.15, 0.2) is 5.16 Å². The number of nitrogens with two attached hydrogens (primary N) is 1. The Labute approximate surface area is 184 Å². The monoisotopic (exact) mass is 461 g/mol. The first-order valence-electron chi connectivity index (χ1n) is 9.42. The Bertz CT molecular complexity index is 1270. The van der Waals surface area contributed by atoms with Crippen LogP contribution in [-0.2, 0) is 21.4 Å². The van der Waals surface area contributed by atoms with Gasteiger partial charge in [-0.05, 0) is 62.2 Å². The molecule has 11 heteroatoms. The Kier molecular flexibility index (Phi) is 6.68. The van der Waals surface area contributed by atoms with Gasteiger partial charge in [0.05, 0.1) is 21.7 Å². The fourth-order valence-electron chi connectivity index (χ4n) is 2.95. The molecule has 0 bridgehead atoms. The van der Waals surface area contributed by atoms with E-state index in [0.29, 0.717) is 22.9 Å². The average molecular weight is 462 g/mol. The number of imidazole rings is 1. The fourth-order valence-corrected chi connectivity index (χ4v) is 4.37. The largest absolute Gasteiger partial charge is 0.325 e. The summed E-state index contributed by atoms with van der Waals surface area (Å²) in [6.45, 7) is 6.39. The summed E-state index contributed by atoms with van der Waals surface area (Å²) in [5.74, 6) is -0.516. The van der Waals surface area contributed by atoms with E-state index in [1.807, 2.05) is 37.5 Å². The van der Waals surface area contributed by atoms with E-state index in [0.717, 1.165) is 28.4 Å². The molecule has 31 heavy (non-hydrogen) atoms. The van der Waals surface area contributed by atoms with Crippen molar-refractivity contribution in [2.75, 3.05) is 11.1 Å². The number of primary sulfonamides is 1. The van der Waals surface area contributed by atoms with Crippen LogP contribution in [0.2, 0.25) is 0 Å². The standard InChI is InChI=1S/C20H23N5O4S2/c1-4-25-17-8-7-15(31(21,28)29)10-16(17)23-20(25)30-11-18(26)24-19(27)22-14-6-5-12(2)13(3)9-14/h5-10H,4,11H2,1-3H3,(H2,21,28,29)(H2,22,24,26,27). The number of fused-ring (bicyclic) bond motifs is 1. The number of amides is 3. The van der Waals surface area contributed by atoms with Gasteiger partial charge in [-0.15, -0.1) is 0 Å². The maximum atomic E-state index is 12.2. The number of thioether (sulfide) groups is 1. The number of urea groups is 1. The zero-order chi connectivity index (χ0) is 22.8. The molecule has 3 amide bonds. The van der Waals surface area contributed by atoms with E-state index in [4.69, 9.17) is 5.14 Å². The number of nitrogens with zero attached hydrogens (tertiary/aromatic N) is 2. The number of benzene rings is 2. The lowest BCUT2D eigenvalue weighted by atomic mass is 10.1. The molecule has 0 spiro atoms. The van der Waals surface area contributed by atoms with Crippen LogP contribution in [0.4, 0.5) is 10.5 Å². The number of rotatable bonds is 6. The Balaban J connectivity index is 1.66. The van der Waals surface area contributed by atoms with E-state index >= 15 is 0 Å². The molecule has 0 atom stereocenters. The van der Waals surface area contributed by atoms with Crippen LogP contribution in [0.3, 0.4) is 0 Å². The van der Waals surface area contributed by atoms with Crippen LogP contribution in [-0.4, -0.2) is 35.7 Å². The molecule has 3 aromatic rings. The lowest BCUT2D eigenvalue weighted by Crippen LogP contribution is -2.35. The number of nitrogens with one attached hydrogen (secondary N) is 2. The van der Waals surface area contributed by atoms with Crippen LogP contribution in [0.25, 0.3) is 11.0 Å². The first-order chi connectivity index (χ1) is 14.6. The van der Waals surface area contributed by atoms with E-state index in [9.17, 15) is 18.0 Å². The van der Waals surface area contributed by atoms with E-state index in [1.165, 1.54) is 12.1 Å². The molecule has 1 heterocycles. The molecule has 0 fully saturated rings. The highest BCUT2D eigenvalue weighted by Gasteiger charge is 2.16. The highest BCUT2D eigenvalue weighted by molar-refractivity contribution is 7.99. The number of hydrogen-bond acceptors (Lipinski definition) is 6. The summed E-state index contributed by atoms with van der Waals surface area (Å²) in [4.78, 5) is 28.7. The van der Waals surface area contributed by atoms with Gasteiger partial charge in [-0.3, -0.25) is 10.1 Å². The first kappa shape index (κ1) is 22.8. The van der Waals surface area contributed by atoms with Crippen LogP contribution >= 0.6 is 11.8 Å². The Morgan fingerprint density at radius 3 is 2.52 bits per heavy atom. The molecule has 0 aliphatic carbocycles. The third-order valence-electron chi connectivity index (χ3n) is 4.68. The number of aromatic nitrogens is 2. The van der Waals surface area contributed by atoms with E-state index < -0.39 is 22.0 Å². The highest BCUT2D eigenvalue weighted by atomic mass is 32.2. The normalized spacial score (nSPS) is 11.5. The SMILES string of the molecule is CCn1c(SCC(=O)NC(=O)Nc2ccc(C)c(C)c2)nc2cc(S(N)(=O)=O)ccc21. The molecule has 0 saturated heterocycles. The third-order valence-corrected chi connectivity index (χ3v) is 6.57. The first-order valence-corrected chi connectivity index (χ1v) is 12.0. The molecule has 3 rings (SSSR count). The van der Waals surface area contributed by atoms with E-state index in [1.54, 1.807) is 12.1 Å². The van der Waals surface area contributed by atoms with Crippen molar-refractivity contribution in [2.24, 2.45) is 5.14 Å². The number of carbonyl (C=O) groups excluding carboxylic acids is 2. The predicted octanol–water partition coefficient (Wildman–Crippen LogP) is 2.76. The van der Waals surface area contributed by atoms with Gasteiger partial charge in [-0.2, -0.15) is 0 Å². The van der Waals surface area contributed by atoms with Crippen molar-refractivity contribution in [1.82, 2.24) is 14.9 Å². The molecule has 0 unspecified atom stereocenters. The number of hydrogen-bond donors (Lipinski definition) is 3. The molecule has 4 N–H and O–H groups in total. The lowest BCUT2D eigenvalue weighted by Gasteiger charge is -2.09. The minimum absolute atomic E-state index is 0.0296. The van der Waals surface area contributed by atoms with Crippen LogP contribution in [0.1, 0.15) is 18.1 Å². The fraction of sp³-hybridized carbons (Fsp3) is 0.250. The van der Waals surface area contributed by atoms with Crippen LogP contribution in [0.5, 0.6) is 0 Å². The molecular formula is C20H23N5O4S2. The summed E-state index contributed by atoms with van der Waals surface area (Å²) in [6, 6.07) is 9.32. The van der Waals surface area contributed by atoms with Crippen LogP contribution in [0, 0.1) is 13.8 Å². The van der Waals surface area contributed by atoms with Gasteiger partial charge in [0, 0.05) is 12.2 Å². The maximum absolute atomic E-state index is 12.2. The number of aryl methyl sites for hydroxylation is 3. The van der Waals surface area contributed by atoms with Gasteiger partial charge >= 0.3 is 6.03 Å². The minimum Gasteiger partial charge on any atom is -0.319 e. The van der Waals surface area contributed by atoms with Crippen molar-refractivity contribution in [3.05, 3.63) is 47.5 Å². The molecule has 0 saturated carbocycles. The molecule has 0 aliphatic rings. The Hall–Kier alpha value is -2.89. The van der Waals surface area contributed by atoms with Gasteiger partial charge in [-0.1, -0.05) is 17.8 Å². The number of imide groups is 1. The summed E-state index contributed by atoms with van der Waals surface area (Å²) in [5, 5.41) is 10.6. The summed E-state index contributed by atoms with van der Waals surface area (Å²) in [6.07, 6.45) is 0. The van der Waals surface area contributed by atoms with Gasteiger partial charge in [-0.25, -0.2) is 23.3 Å². The highest BCUT2D eigenvalue weighted by Crippen LogP contribution is 2.25. The number of anilines is 1. The summed E-state index contributed by atoms with van der Waals surface area (Å²) in [7, 11) is -3.84. The Morgan fingerprint density at radius 2 is 1.87 bits per heavy atom. The molecule has 9 nitrogen and oxygen atoms in total. The smallest absolute Gasteiger partial charge is 0.319 e. The second-order valence-corrected chi connectivity index (χ2v) is 9.43. The zero-order valence-corrected chi connectivity index (χ0v) is 18.9. The molecule has 2 aromatic carbocycles. The van der Waals surface area contributed by atoms with Gasteiger partial charge in [0.2, 0.25) is 15.9 Å². The van der Waals surface area contributed by atoms with Crippen molar-refractivity contribution in [3.8, 4) is 0 Å². The van der Waals surface area contributed by atoms with Crippen LogP contribution < -0.4 is 15.8 Å². The zero-order valence-electron chi connectivity index (χ0n) is 17.3. The summed E-state index contributed by atoms with van der Waals surface area (Å²) >= 11 is 1.15. The molecule has 0 radical (unpaired) electrons. The number of carbonyl (C=O) groups is 2. The Morgan fingerprint density at radius 1 is 1.13 bits per heavy atom. The average Bonchev–Trinajstić information content (AvgIpc) is 3.05. The van der Waals surface area contributed by atoms with Crippen molar-refractivity contribution in [3.63, 3.8) is 0 Å². The van der Waals surface area contributed by atoms with Crippen molar-refractivity contribution in [2.45, 2.75) is 37.4 Å². The maximum Gasteiger partial charge on any atom is 0.325 e. The molecule has 0 aliphatic heterocycles. The summed E-state index contributed by atoms with van der Waals surface area (Å²) in [5.41, 5.74) is 3.92. The topological polar surface area (TPSA) is 136 Å². The minimum atomic E-state index is -3.84.